The second-order valence-electron chi connectivity index (χ2n) is 2.61. The molecule has 0 atom stereocenters. The van der Waals surface area contributed by atoms with Crippen molar-refractivity contribution in [2.45, 2.75) is 6.43 Å². The Bertz CT molecular complexity index is 470. The molecule has 0 spiro atoms. The zero-order chi connectivity index (χ0) is 12.3. The highest BCUT2D eigenvalue weighted by Gasteiger charge is 2.28. The molecule has 0 unspecified atom stereocenters. The highest BCUT2D eigenvalue weighted by Crippen LogP contribution is 2.37. The van der Waals surface area contributed by atoms with Gasteiger partial charge in [-0.3, -0.25) is 10.1 Å². The smallest absolute Gasteiger partial charge is 0.329 e. The highest BCUT2D eigenvalue weighted by atomic mass is 19.3. The van der Waals surface area contributed by atoms with Crippen molar-refractivity contribution in [3.05, 3.63) is 27.6 Å². The summed E-state index contributed by atoms with van der Waals surface area (Å²) >= 11 is 0. The molecule has 1 aromatic heterocycles. The van der Waals surface area contributed by atoms with E-state index in [2.05, 4.69) is 9.72 Å². The second kappa shape index (κ2) is 4.48. The average Bonchev–Trinajstić information content (AvgIpc) is 2.26. The van der Waals surface area contributed by atoms with E-state index in [0.29, 0.717) is 6.20 Å². The van der Waals surface area contributed by atoms with Crippen LogP contribution in [0, 0.1) is 21.4 Å². The molecule has 16 heavy (non-hydrogen) atoms. The van der Waals surface area contributed by atoms with Crippen molar-refractivity contribution in [2.75, 3.05) is 7.11 Å². The summed E-state index contributed by atoms with van der Waals surface area (Å²) in [5, 5.41) is 19.1. The Balaban J connectivity index is 3.57. The number of ether oxygens (including phenoxy) is 1. The third kappa shape index (κ3) is 1.88. The summed E-state index contributed by atoms with van der Waals surface area (Å²) in [6.45, 7) is 0. The third-order valence-electron chi connectivity index (χ3n) is 1.77. The number of aromatic nitrogens is 1. The van der Waals surface area contributed by atoms with Crippen molar-refractivity contribution in [1.29, 1.82) is 5.26 Å². The maximum atomic E-state index is 12.6. The molecule has 0 saturated carbocycles. The predicted molar refractivity (Wildman–Crippen MR) is 47.1 cm³/mol. The summed E-state index contributed by atoms with van der Waals surface area (Å²) in [4.78, 5) is 12.9. The van der Waals surface area contributed by atoms with E-state index in [1.54, 1.807) is 0 Å². The van der Waals surface area contributed by atoms with Crippen LogP contribution in [-0.4, -0.2) is 17.0 Å². The van der Waals surface area contributed by atoms with Crippen molar-refractivity contribution >= 4 is 5.69 Å². The van der Waals surface area contributed by atoms with E-state index >= 15 is 0 Å². The standard InChI is InChI=1S/C8H5F2N3O3/c1-16-7-5(13(14)15)3-12-4(2-11)6(7)8(9)10/h3,8H,1H3. The van der Waals surface area contributed by atoms with E-state index in [-0.39, 0.29) is 0 Å². The van der Waals surface area contributed by atoms with Gasteiger partial charge in [0.15, 0.2) is 5.69 Å². The van der Waals surface area contributed by atoms with Crippen molar-refractivity contribution < 1.29 is 18.4 Å². The van der Waals surface area contributed by atoms with Gasteiger partial charge in [0.25, 0.3) is 6.43 Å². The Hall–Kier alpha value is -2.30. The second-order valence-corrected chi connectivity index (χ2v) is 2.61. The quantitative estimate of drug-likeness (QED) is 0.582. The Morgan fingerprint density at radius 2 is 2.31 bits per heavy atom. The average molecular weight is 229 g/mol. The summed E-state index contributed by atoms with van der Waals surface area (Å²) in [6, 6.07) is 1.42. The van der Waals surface area contributed by atoms with Crippen LogP contribution in [0.3, 0.4) is 0 Å². The Labute approximate surface area is 88.2 Å². The van der Waals surface area contributed by atoms with Crippen molar-refractivity contribution in [2.24, 2.45) is 0 Å². The van der Waals surface area contributed by atoms with Gasteiger partial charge in [-0.1, -0.05) is 0 Å². The number of rotatable bonds is 3. The number of nitrogens with zero attached hydrogens (tertiary/aromatic N) is 3. The molecule has 0 radical (unpaired) electrons. The lowest BCUT2D eigenvalue weighted by atomic mass is 10.1. The van der Waals surface area contributed by atoms with Gasteiger partial charge in [-0.2, -0.15) is 5.26 Å². The van der Waals surface area contributed by atoms with Gasteiger partial charge in [0.05, 0.1) is 12.0 Å². The minimum atomic E-state index is -3.07. The van der Waals surface area contributed by atoms with E-state index in [4.69, 9.17) is 5.26 Å². The molecule has 1 rings (SSSR count). The zero-order valence-electron chi connectivity index (χ0n) is 7.98. The fourth-order valence-corrected chi connectivity index (χ4v) is 1.14. The molecule has 1 aromatic rings. The molecule has 0 aliphatic heterocycles. The summed E-state index contributed by atoms with van der Waals surface area (Å²) in [5.74, 6) is -0.633. The van der Waals surface area contributed by atoms with Crippen molar-refractivity contribution in [3.63, 3.8) is 0 Å². The third-order valence-corrected chi connectivity index (χ3v) is 1.77. The summed E-state index contributed by atoms with van der Waals surface area (Å²) in [7, 11) is 1.01. The van der Waals surface area contributed by atoms with Crippen LogP contribution in [0.15, 0.2) is 6.20 Å². The first-order chi connectivity index (χ1) is 7.52. The van der Waals surface area contributed by atoms with Gasteiger partial charge in [-0.15, -0.1) is 0 Å². The van der Waals surface area contributed by atoms with E-state index in [9.17, 15) is 18.9 Å². The molecule has 0 aromatic carbocycles. The molecular weight excluding hydrogens is 224 g/mol. The molecule has 0 N–H and O–H groups in total. The lowest BCUT2D eigenvalue weighted by molar-refractivity contribution is -0.386. The van der Waals surface area contributed by atoms with Crippen LogP contribution < -0.4 is 4.74 Å². The van der Waals surface area contributed by atoms with E-state index in [1.165, 1.54) is 6.07 Å². The summed E-state index contributed by atoms with van der Waals surface area (Å²) in [5.41, 5.74) is -2.14. The molecule has 0 saturated heterocycles. The Morgan fingerprint density at radius 1 is 1.69 bits per heavy atom. The number of hydrogen-bond acceptors (Lipinski definition) is 5. The largest absolute Gasteiger partial charge is 0.490 e. The number of nitro groups is 1. The first-order valence-corrected chi connectivity index (χ1v) is 3.92. The molecule has 0 aliphatic rings. The summed E-state index contributed by atoms with van der Waals surface area (Å²) in [6.07, 6.45) is -2.36. The van der Waals surface area contributed by atoms with Crippen molar-refractivity contribution in [1.82, 2.24) is 4.98 Å². The van der Waals surface area contributed by atoms with Gasteiger partial charge >= 0.3 is 5.69 Å². The fraction of sp³-hybridized carbons (Fsp3) is 0.250. The number of nitriles is 1. The lowest BCUT2D eigenvalue weighted by Gasteiger charge is -2.08. The SMILES string of the molecule is COc1c([N+](=O)[O-])cnc(C#N)c1C(F)F. The van der Waals surface area contributed by atoms with E-state index < -0.39 is 34.0 Å². The maximum Gasteiger partial charge on any atom is 0.329 e. The minimum Gasteiger partial charge on any atom is -0.490 e. The van der Waals surface area contributed by atoms with Crippen LogP contribution in [0.25, 0.3) is 0 Å². The maximum absolute atomic E-state index is 12.6. The topological polar surface area (TPSA) is 89.1 Å². The molecule has 6 nitrogen and oxygen atoms in total. The Kier molecular flexibility index (Phi) is 3.30. The molecule has 0 aliphatic carbocycles. The molecule has 0 fully saturated rings. The van der Waals surface area contributed by atoms with Crippen LogP contribution in [-0.2, 0) is 0 Å². The van der Waals surface area contributed by atoms with Crippen LogP contribution in [0.2, 0.25) is 0 Å². The van der Waals surface area contributed by atoms with Crippen LogP contribution in [0.1, 0.15) is 17.7 Å². The van der Waals surface area contributed by atoms with Gasteiger partial charge < -0.3 is 4.74 Å². The van der Waals surface area contributed by atoms with Crippen LogP contribution in [0.4, 0.5) is 14.5 Å². The normalized spacial score (nSPS) is 9.94. The molecule has 0 bridgehead atoms. The number of halogens is 2. The van der Waals surface area contributed by atoms with Gasteiger partial charge in [0.1, 0.15) is 17.8 Å². The minimum absolute atomic E-state index is 0.586. The molecule has 1 heterocycles. The van der Waals surface area contributed by atoms with Crippen molar-refractivity contribution in [3.8, 4) is 11.8 Å². The van der Waals surface area contributed by atoms with Crippen LogP contribution in [0.5, 0.6) is 5.75 Å². The van der Waals surface area contributed by atoms with Gasteiger partial charge in [-0.05, 0) is 0 Å². The first-order valence-electron chi connectivity index (χ1n) is 3.92. The number of methoxy groups -OCH3 is 1. The van der Waals surface area contributed by atoms with Gasteiger partial charge in [0, 0.05) is 0 Å². The van der Waals surface area contributed by atoms with E-state index in [1.807, 2.05) is 0 Å². The molecular formula is C8H5F2N3O3. The molecule has 8 heteroatoms. The number of hydrogen-bond donors (Lipinski definition) is 0. The molecule has 84 valence electrons. The number of pyridine rings is 1. The highest BCUT2D eigenvalue weighted by molar-refractivity contribution is 5.55. The monoisotopic (exact) mass is 229 g/mol. The summed E-state index contributed by atoms with van der Waals surface area (Å²) < 4.78 is 29.8. The van der Waals surface area contributed by atoms with Gasteiger partial charge in [-0.25, -0.2) is 13.8 Å². The molecule has 0 amide bonds. The first kappa shape index (κ1) is 11.8. The lowest BCUT2D eigenvalue weighted by Crippen LogP contribution is -2.03. The number of alkyl halides is 2. The predicted octanol–water partition coefficient (Wildman–Crippen LogP) is 1.81. The fourth-order valence-electron chi connectivity index (χ4n) is 1.14. The van der Waals surface area contributed by atoms with Gasteiger partial charge in [0.2, 0.25) is 5.75 Å². The Morgan fingerprint density at radius 3 is 2.69 bits per heavy atom. The van der Waals surface area contributed by atoms with Crippen LogP contribution >= 0.6 is 0 Å². The zero-order valence-corrected chi connectivity index (χ0v) is 7.98. The van der Waals surface area contributed by atoms with E-state index in [0.717, 1.165) is 7.11 Å².